The number of carbonyl (C=O) groups is 2. The van der Waals surface area contributed by atoms with Crippen molar-refractivity contribution in [2.24, 2.45) is 11.8 Å². The number of anilines is 1. The van der Waals surface area contributed by atoms with E-state index in [1.165, 1.54) is 25.3 Å². The molecule has 1 aromatic carbocycles. The number of benzene rings is 1. The first-order chi connectivity index (χ1) is 10.0. The van der Waals surface area contributed by atoms with E-state index in [-0.39, 0.29) is 17.6 Å². The van der Waals surface area contributed by atoms with Gasteiger partial charge in [0.2, 0.25) is 0 Å². The van der Waals surface area contributed by atoms with Crippen LogP contribution in [-0.2, 0) is 0 Å². The lowest BCUT2D eigenvalue weighted by molar-refractivity contribution is 0.0698. The third-order valence-electron chi connectivity index (χ3n) is 4.80. The van der Waals surface area contributed by atoms with Crippen LogP contribution in [0.4, 0.5) is 10.5 Å². The number of carbonyl (C=O) groups excluding carboxylic acids is 1. The summed E-state index contributed by atoms with van der Waals surface area (Å²) in [5.41, 5.74) is 1.25. The van der Waals surface area contributed by atoms with Crippen molar-refractivity contribution in [1.29, 1.82) is 0 Å². The van der Waals surface area contributed by atoms with E-state index in [1.54, 1.807) is 19.1 Å². The minimum Gasteiger partial charge on any atom is -0.478 e. The number of amides is 2. The standard InChI is InChI=1S/C16H20N2O3/c1-9-3-2-4-12(15(19)20)14(9)18-16(21)17-13-8-10-5-6-11(13)7-10/h2-4,10-11,13H,5-8H2,1H3,(H,19,20)(H2,17,18,21). The van der Waals surface area contributed by atoms with Crippen LogP contribution in [0.5, 0.6) is 0 Å². The van der Waals surface area contributed by atoms with E-state index in [4.69, 9.17) is 0 Å². The average molecular weight is 288 g/mol. The molecule has 0 spiro atoms. The summed E-state index contributed by atoms with van der Waals surface area (Å²) < 4.78 is 0. The predicted octanol–water partition coefficient (Wildman–Crippen LogP) is 3.00. The average Bonchev–Trinajstić information content (AvgIpc) is 3.03. The molecule has 0 heterocycles. The molecule has 3 unspecified atom stereocenters. The molecule has 2 bridgehead atoms. The highest BCUT2D eigenvalue weighted by molar-refractivity contribution is 6.01. The van der Waals surface area contributed by atoms with Gasteiger partial charge in [-0.05, 0) is 49.7 Å². The maximum Gasteiger partial charge on any atom is 0.337 e. The topological polar surface area (TPSA) is 78.4 Å². The zero-order valence-corrected chi connectivity index (χ0v) is 12.1. The third-order valence-corrected chi connectivity index (χ3v) is 4.80. The van der Waals surface area contributed by atoms with Crippen LogP contribution < -0.4 is 10.6 Å². The van der Waals surface area contributed by atoms with Gasteiger partial charge in [-0.3, -0.25) is 0 Å². The summed E-state index contributed by atoms with van der Waals surface area (Å²) in [5.74, 6) is 0.318. The van der Waals surface area contributed by atoms with Crippen molar-refractivity contribution in [3.8, 4) is 0 Å². The van der Waals surface area contributed by atoms with Crippen molar-refractivity contribution in [3.63, 3.8) is 0 Å². The molecule has 0 radical (unpaired) electrons. The molecule has 2 amide bonds. The molecule has 1 aromatic rings. The molecule has 0 aromatic heterocycles. The van der Waals surface area contributed by atoms with E-state index < -0.39 is 5.97 Å². The molecular formula is C16H20N2O3. The number of hydrogen-bond acceptors (Lipinski definition) is 2. The zero-order valence-electron chi connectivity index (χ0n) is 12.1. The van der Waals surface area contributed by atoms with Crippen LogP contribution >= 0.6 is 0 Å². The Morgan fingerprint density at radius 1 is 1.24 bits per heavy atom. The fourth-order valence-electron chi connectivity index (χ4n) is 3.75. The summed E-state index contributed by atoms with van der Waals surface area (Å²) in [6.07, 6.45) is 4.75. The molecule has 3 rings (SSSR count). The molecule has 5 heteroatoms. The van der Waals surface area contributed by atoms with E-state index in [0.29, 0.717) is 11.6 Å². The Kier molecular flexibility index (Phi) is 3.57. The number of carboxylic acids is 1. The van der Waals surface area contributed by atoms with Crippen molar-refractivity contribution in [1.82, 2.24) is 5.32 Å². The van der Waals surface area contributed by atoms with Crippen LogP contribution in [0.15, 0.2) is 18.2 Å². The number of aromatic carboxylic acids is 1. The van der Waals surface area contributed by atoms with Crippen LogP contribution in [0.1, 0.15) is 41.6 Å². The summed E-state index contributed by atoms with van der Waals surface area (Å²) >= 11 is 0. The molecule has 2 aliphatic carbocycles. The highest BCUT2D eigenvalue weighted by Gasteiger charge is 2.40. The third kappa shape index (κ3) is 2.73. The monoisotopic (exact) mass is 288 g/mol. The molecule has 3 N–H and O–H groups in total. The molecule has 2 aliphatic rings. The quantitative estimate of drug-likeness (QED) is 0.800. The Morgan fingerprint density at radius 3 is 2.67 bits per heavy atom. The molecule has 5 nitrogen and oxygen atoms in total. The first-order valence-electron chi connectivity index (χ1n) is 7.45. The largest absolute Gasteiger partial charge is 0.478 e. The lowest BCUT2D eigenvalue weighted by Crippen LogP contribution is -2.41. The number of fused-ring (bicyclic) bond motifs is 2. The minimum absolute atomic E-state index is 0.123. The van der Waals surface area contributed by atoms with E-state index in [1.807, 2.05) is 0 Å². The highest BCUT2D eigenvalue weighted by Crippen LogP contribution is 2.44. The van der Waals surface area contributed by atoms with Crippen LogP contribution in [0.2, 0.25) is 0 Å². The van der Waals surface area contributed by atoms with Gasteiger partial charge >= 0.3 is 12.0 Å². The molecule has 2 saturated carbocycles. The second-order valence-electron chi connectivity index (χ2n) is 6.18. The molecule has 112 valence electrons. The summed E-state index contributed by atoms with van der Waals surface area (Å²) in [7, 11) is 0. The van der Waals surface area contributed by atoms with Crippen LogP contribution in [-0.4, -0.2) is 23.1 Å². The second kappa shape index (κ2) is 5.39. The summed E-state index contributed by atoms with van der Waals surface area (Å²) in [4.78, 5) is 23.4. The van der Waals surface area contributed by atoms with Gasteiger partial charge in [0.25, 0.3) is 0 Å². The van der Waals surface area contributed by atoms with Crippen molar-refractivity contribution in [2.45, 2.75) is 38.6 Å². The minimum atomic E-state index is -1.03. The fraction of sp³-hybridized carbons (Fsp3) is 0.500. The van der Waals surface area contributed by atoms with Gasteiger partial charge < -0.3 is 15.7 Å². The van der Waals surface area contributed by atoms with Gasteiger partial charge in [-0.25, -0.2) is 9.59 Å². The van der Waals surface area contributed by atoms with Gasteiger partial charge in [0.15, 0.2) is 0 Å². The smallest absolute Gasteiger partial charge is 0.337 e. The number of carboxylic acid groups (broad SMARTS) is 1. The number of para-hydroxylation sites is 1. The van der Waals surface area contributed by atoms with E-state index in [2.05, 4.69) is 10.6 Å². The summed E-state index contributed by atoms with van der Waals surface area (Å²) in [6, 6.07) is 4.91. The van der Waals surface area contributed by atoms with Gasteiger partial charge in [0.1, 0.15) is 0 Å². The van der Waals surface area contributed by atoms with Crippen molar-refractivity contribution in [2.75, 3.05) is 5.32 Å². The van der Waals surface area contributed by atoms with Crippen molar-refractivity contribution in [3.05, 3.63) is 29.3 Å². The van der Waals surface area contributed by atoms with Crippen LogP contribution in [0.25, 0.3) is 0 Å². The number of nitrogens with one attached hydrogen (secondary N) is 2. The summed E-state index contributed by atoms with van der Waals surface area (Å²) in [5, 5.41) is 14.9. The van der Waals surface area contributed by atoms with Crippen molar-refractivity contribution >= 4 is 17.7 Å². The maximum atomic E-state index is 12.2. The Bertz CT molecular complexity index is 585. The molecule has 2 fully saturated rings. The van der Waals surface area contributed by atoms with Gasteiger partial charge in [-0.2, -0.15) is 0 Å². The van der Waals surface area contributed by atoms with Crippen molar-refractivity contribution < 1.29 is 14.7 Å². The Hall–Kier alpha value is -2.04. The molecule has 21 heavy (non-hydrogen) atoms. The van der Waals surface area contributed by atoms with E-state index in [9.17, 15) is 14.7 Å². The fourth-order valence-corrected chi connectivity index (χ4v) is 3.75. The van der Waals surface area contributed by atoms with Gasteiger partial charge in [-0.15, -0.1) is 0 Å². The Balaban J connectivity index is 1.69. The van der Waals surface area contributed by atoms with Gasteiger partial charge in [-0.1, -0.05) is 18.6 Å². The SMILES string of the molecule is Cc1cccc(C(=O)O)c1NC(=O)NC1CC2CCC1C2. The lowest BCUT2D eigenvalue weighted by atomic mass is 9.95. The number of aryl methyl sites for hydroxylation is 1. The number of hydrogen-bond donors (Lipinski definition) is 3. The van der Waals surface area contributed by atoms with Crippen LogP contribution in [0, 0.1) is 18.8 Å². The Labute approximate surface area is 123 Å². The first kappa shape index (κ1) is 13.9. The number of urea groups is 1. The van der Waals surface area contributed by atoms with Crippen LogP contribution in [0.3, 0.4) is 0 Å². The molecular weight excluding hydrogens is 268 g/mol. The maximum absolute atomic E-state index is 12.2. The van der Waals surface area contributed by atoms with Gasteiger partial charge in [0, 0.05) is 6.04 Å². The number of rotatable bonds is 3. The molecule has 0 saturated heterocycles. The molecule has 0 aliphatic heterocycles. The normalized spacial score (nSPS) is 26.6. The zero-order chi connectivity index (χ0) is 15.0. The molecule has 3 atom stereocenters. The lowest BCUT2D eigenvalue weighted by Gasteiger charge is -2.23. The van der Waals surface area contributed by atoms with E-state index in [0.717, 1.165) is 17.9 Å². The van der Waals surface area contributed by atoms with Gasteiger partial charge in [0.05, 0.1) is 11.3 Å². The highest BCUT2D eigenvalue weighted by atomic mass is 16.4. The Morgan fingerprint density at radius 2 is 2.05 bits per heavy atom. The predicted molar refractivity (Wildman–Crippen MR) is 79.5 cm³/mol. The van der Waals surface area contributed by atoms with E-state index >= 15 is 0 Å². The first-order valence-corrected chi connectivity index (χ1v) is 7.45. The second-order valence-corrected chi connectivity index (χ2v) is 6.18. The summed E-state index contributed by atoms with van der Waals surface area (Å²) in [6.45, 7) is 1.79.